The SMILES string of the molecule is Fc1ccc(Br)c(NCCN2CCCC2)c1. The van der Waals surface area contributed by atoms with Crippen LogP contribution in [0.5, 0.6) is 0 Å². The van der Waals surface area contributed by atoms with Gasteiger partial charge >= 0.3 is 0 Å². The van der Waals surface area contributed by atoms with Crippen LogP contribution in [0.2, 0.25) is 0 Å². The molecule has 1 saturated heterocycles. The number of rotatable bonds is 4. The lowest BCUT2D eigenvalue weighted by atomic mass is 10.3. The Hall–Kier alpha value is -0.610. The quantitative estimate of drug-likeness (QED) is 0.915. The Balaban J connectivity index is 1.82. The molecule has 0 atom stereocenters. The fourth-order valence-electron chi connectivity index (χ4n) is 1.99. The number of nitrogens with zero attached hydrogens (tertiary/aromatic N) is 1. The summed E-state index contributed by atoms with van der Waals surface area (Å²) in [5, 5.41) is 3.25. The van der Waals surface area contributed by atoms with Gasteiger partial charge in [0.05, 0.1) is 5.69 Å². The fourth-order valence-corrected chi connectivity index (χ4v) is 2.37. The van der Waals surface area contributed by atoms with E-state index < -0.39 is 0 Å². The van der Waals surface area contributed by atoms with Crippen molar-refractivity contribution in [3.8, 4) is 0 Å². The summed E-state index contributed by atoms with van der Waals surface area (Å²) in [5.41, 5.74) is 0.833. The zero-order valence-electron chi connectivity index (χ0n) is 9.18. The third-order valence-electron chi connectivity index (χ3n) is 2.87. The maximum absolute atomic E-state index is 13.0. The van der Waals surface area contributed by atoms with Gasteiger partial charge in [0, 0.05) is 17.6 Å². The molecule has 1 aliphatic rings. The molecule has 1 N–H and O–H groups in total. The smallest absolute Gasteiger partial charge is 0.125 e. The van der Waals surface area contributed by atoms with Gasteiger partial charge in [-0.1, -0.05) is 0 Å². The largest absolute Gasteiger partial charge is 0.383 e. The molecule has 0 radical (unpaired) electrons. The number of nitrogens with one attached hydrogen (secondary N) is 1. The van der Waals surface area contributed by atoms with E-state index in [2.05, 4.69) is 26.1 Å². The van der Waals surface area contributed by atoms with E-state index in [9.17, 15) is 4.39 Å². The maximum Gasteiger partial charge on any atom is 0.125 e. The molecule has 0 spiro atoms. The number of halogens is 2. The molecule has 1 heterocycles. The molecule has 0 saturated carbocycles. The first-order valence-corrected chi connectivity index (χ1v) is 6.46. The second-order valence-corrected chi connectivity index (χ2v) is 4.95. The van der Waals surface area contributed by atoms with E-state index in [1.165, 1.54) is 38.1 Å². The Kier molecular flexibility index (Phi) is 4.18. The Morgan fingerprint density at radius 3 is 2.81 bits per heavy atom. The minimum atomic E-state index is -0.202. The molecule has 0 amide bonds. The van der Waals surface area contributed by atoms with E-state index in [0.717, 1.165) is 23.2 Å². The zero-order chi connectivity index (χ0) is 11.4. The summed E-state index contributed by atoms with van der Waals surface area (Å²) in [6.45, 7) is 4.29. The summed E-state index contributed by atoms with van der Waals surface area (Å²) in [4.78, 5) is 2.43. The molecule has 1 fully saturated rings. The third-order valence-corrected chi connectivity index (χ3v) is 3.56. The van der Waals surface area contributed by atoms with Crippen LogP contribution in [0.3, 0.4) is 0 Å². The van der Waals surface area contributed by atoms with Crippen LogP contribution in [0, 0.1) is 5.82 Å². The normalized spacial score (nSPS) is 16.6. The van der Waals surface area contributed by atoms with Crippen LogP contribution in [-0.2, 0) is 0 Å². The summed E-state index contributed by atoms with van der Waals surface area (Å²) >= 11 is 3.40. The maximum atomic E-state index is 13.0. The van der Waals surface area contributed by atoms with Crippen LogP contribution in [0.1, 0.15) is 12.8 Å². The summed E-state index contributed by atoms with van der Waals surface area (Å²) in [7, 11) is 0. The highest BCUT2D eigenvalue weighted by molar-refractivity contribution is 9.10. The van der Waals surface area contributed by atoms with Crippen molar-refractivity contribution >= 4 is 21.6 Å². The van der Waals surface area contributed by atoms with Gasteiger partial charge in [-0.2, -0.15) is 0 Å². The minimum Gasteiger partial charge on any atom is -0.383 e. The Morgan fingerprint density at radius 1 is 1.31 bits per heavy atom. The van der Waals surface area contributed by atoms with Gasteiger partial charge in [0.25, 0.3) is 0 Å². The summed E-state index contributed by atoms with van der Waals surface area (Å²) in [6.07, 6.45) is 2.62. The van der Waals surface area contributed by atoms with Crippen molar-refractivity contribution in [2.75, 3.05) is 31.5 Å². The van der Waals surface area contributed by atoms with Crippen LogP contribution in [0.4, 0.5) is 10.1 Å². The van der Waals surface area contributed by atoms with E-state index in [1.54, 1.807) is 6.07 Å². The highest BCUT2D eigenvalue weighted by Crippen LogP contribution is 2.22. The molecule has 4 heteroatoms. The highest BCUT2D eigenvalue weighted by Gasteiger charge is 2.10. The first-order chi connectivity index (χ1) is 7.75. The lowest BCUT2D eigenvalue weighted by Crippen LogP contribution is -2.26. The topological polar surface area (TPSA) is 15.3 Å². The van der Waals surface area contributed by atoms with Gasteiger partial charge in [0.1, 0.15) is 5.82 Å². The Morgan fingerprint density at radius 2 is 2.06 bits per heavy atom. The molecule has 0 aliphatic carbocycles. The predicted octanol–water partition coefficient (Wildman–Crippen LogP) is 3.10. The van der Waals surface area contributed by atoms with Gasteiger partial charge in [-0.3, -0.25) is 0 Å². The van der Waals surface area contributed by atoms with Crippen molar-refractivity contribution in [1.29, 1.82) is 0 Å². The van der Waals surface area contributed by atoms with Crippen LogP contribution < -0.4 is 5.32 Å². The minimum absolute atomic E-state index is 0.202. The molecule has 16 heavy (non-hydrogen) atoms. The predicted molar refractivity (Wildman–Crippen MR) is 68.3 cm³/mol. The lowest BCUT2D eigenvalue weighted by molar-refractivity contribution is 0.352. The zero-order valence-corrected chi connectivity index (χ0v) is 10.8. The van der Waals surface area contributed by atoms with Crippen molar-refractivity contribution in [2.45, 2.75) is 12.8 Å². The van der Waals surface area contributed by atoms with Gasteiger partial charge in [-0.05, 0) is 60.1 Å². The number of hydrogen-bond donors (Lipinski definition) is 1. The molecule has 0 aromatic heterocycles. The first-order valence-electron chi connectivity index (χ1n) is 5.67. The first kappa shape index (κ1) is 11.9. The number of benzene rings is 1. The van der Waals surface area contributed by atoms with E-state index in [0.29, 0.717) is 0 Å². The number of hydrogen-bond acceptors (Lipinski definition) is 2. The molecule has 1 aromatic rings. The molecule has 88 valence electrons. The van der Waals surface area contributed by atoms with Crippen molar-refractivity contribution in [2.24, 2.45) is 0 Å². The van der Waals surface area contributed by atoms with E-state index in [-0.39, 0.29) is 5.82 Å². The van der Waals surface area contributed by atoms with Crippen molar-refractivity contribution in [3.63, 3.8) is 0 Å². The average Bonchev–Trinajstić information content (AvgIpc) is 2.76. The molecule has 1 aromatic carbocycles. The second kappa shape index (κ2) is 5.64. The van der Waals surface area contributed by atoms with E-state index in [4.69, 9.17) is 0 Å². The number of likely N-dealkylation sites (tertiary alicyclic amines) is 1. The fraction of sp³-hybridized carbons (Fsp3) is 0.500. The summed E-state index contributed by atoms with van der Waals surface area (Å²) in [6, 6.07) is 4.71. The Bertz CT molecular complexity index is 351. The molecule has 2 rings (SSSR count). The average molecular weight is 287 g/mol. The van der Waals surface area contributed by atoms with Crippen LogP contribution in [0.15, 0.2) is 22.7 Å². The van der Waals surface area contributed by atoms with Crippen LogP contribution in [-0.4, -0.2) is 31.1 Å². The third kappa shape index (κ3) is 3.19. The van der Waals surface area contributed by atoms with E-state index in [1.807, 2.05) is 0 Å². The molecule has 2 nitrogen and oxygen atoms in total. The molecular weight excluding hydrogens is 271 g/mol. The van der Waals surface area contributed by atoms with Crippen LogP contribution >= 0.6 is 15.9 Å². The molecule has 0 unspecified atom stereocenters. The molecule has 0 bridgehead atoms. The lowest BCUT2D eigenvalue weighted by Gasteiger charge is -2.15. The van der Waals surface area contributed by atoms with Gasteiger partial charge in [0.15, 0.2) is 0 Å². The standard InChI is InChI=1S/C12H16BrFN2/c13-11-4-3-10(14)9-12(11)15-5-8-16-6-1-2-7-16/h3-4,9,15H,1-2,5-8H2. The van der Waals surface area contributed by atoms with Gasteiger partial charge in [-0.15, -0.1) is 0 Å². The highest BCUT2D eigenvalue weighted by atomic mass is 79.9. The Labute approximate surface area is 104 Å². The van der Waals surface area contributed by atoms with Gasteiger partial charge < -0.3 is 10.2 Å². The van der Waals surface area contributed by atoms with E-state index >= 15 is 0 Å². The second-order valence-electron chi connectivity index (χ2n) is 4.10. The van der Waals surface area contributed by atoms with Gasteiger partial charge in [-0.25, -0.2) is 4.39 Å². The van der Waals surface area contributed by atoms with Crippen LogP contribution in [0.25, 0.3) is 0 Å². The number of anilines is 1. The monoisotopic (exact) mass is 286 g/mol. The van der Waals surface area contributed by atoms with Crippen molar-refractivity contribution in [3.05, 3.63) is 28.5 Å². The molecule has 1 aliphatic heterocycles. The summed E-state index contributed by atoms with van der Waals surface area (Å²) in [5.74, 6) is -0.202. The van der Waals surface area contributed by atoms with Crippen molar-refractivity contribution in [1.82, 2.24) is 4.90 Å². The summed E-state index contributed by atoms with van der Waals surface area (Å²) < 4.78 is 13.9. The van der Waals surface area contributed by atoms with Gasteiger partial charge in [0.2, 0.25) is 0 Å². The van der Waals surface area contributed by atoms with Crippen molar-refractivity contribution < 1.29 is 4.39 Å². The molecular formula is C12H16BrFN2.